The lowest BCUT2D eigenvalue weighted by molar-refractivity contribution is -0.115. The van der Waals surface area contributed by atoms with Gasteiger partial charge in [-0.25, -0.2) is 0 Å². The highest BCUT2D eigenvalue weighted by molar-refractivity contribution is 6.53. The quantitative estimate of drug-likeness (QED) is 0.729. The van der Waals surface area contributed by atoms with Crippen molar-refractivity contribution >= 4 is 17.4 Å². The number of carbonyl (C=O) groups is 2. The SMILES string of the molecule is Cc1ccc(C2(C)CC(C)(C)N3C(=O)C(=O)c4c(C)ccc2c43)cc1. The van der Waals surface area contributed by atoms with Gasteiger partial charge in [0.25, 0.3) is 11.7 Å². The van der Waals surface area contributed by atoms with Crippen molar-refractivity contribution in [2.24, 2.45) is 0 Å². The predicted octanol–water partition coefficient (Wildman–Crippen LogP) is 4.32. The van der Waals surface area contributed by atoms with Gasteiger partial charge in [0.05, 0.1) is 11.3 Å². The monoisotopic (exact) mass is 333 g/mol. The number of benzene rings is 2. The van der Waals surface area contributed by atoms with Gasteiger partial charge in [-0.3, -0.25) is 14.5 Å². The Morgan fingerprint density at radius 2 is 1.56 bits per heavy atom. The number of aryl methyl sites for hydroxylation is 2. The van der Waals surface area contributed by atoms with E-state index in [1.165, 1.54) is 11.1 Å². The summed E-state index contributed by atoms with van der Waals surface area (Å²) in [6.07, 6.45) is 0.775. The Morgan fingerprint density at radius 3 is 2.20 bits per heavy atom. The molecule has 2 aliphatic rings. The zero-order valence-electron chi connectivity index (χ0n) is 15.4. The Bertz CT molecular complexity index is 924. The standard InChI is InChI=1S/C22H23NO2/c1-13-6-9-15(10-7-13)22(5)12-21(3,4)23-18-16(22)11-8-14(2)17(18)19(24)20(23)25/h6-11H,12H2,1-5H3. The molecule has 0 fully saturated rings. The van der Waals surface area contributed by atoms with Crippen LogP contribution in [0, 0.1) is 13.8 Å². The van der Waals surface area contributed by atoms with Crippen molar-refractivity contribution in [3.8, 4) is 0 Å². The highest BCUT2D eigenvalue weighted by Crippen LogP contribution is 2.54. The van der Waals surface area contributed by atoms with Gasteiger partial charge >= 0.3 is 0 Å². The van der Waals surface area contributed by atoms with Crippen molar-refractivity contribution in [2.75, 3.05) is 4.90 Å². The van der Waals surface area contributed by atoms with Crippen LogP contribution >= 0.6 is 0 Å². The lowest BCUT2D eigenvalue weighted by Gasteiger charge is -2.49. The van der Waals surface area contributed by atoms with Crippen LogP contribution in [0.15, 0.2) is 36.4 Å². The van der Waals surface area contributed by atoms with Crippen LogP contribution in [0.5, 0.6) is 0 Å². The highest BCUT2D eigenvalue weighted by atomic mass is 16.2. The molecule has 0 spiro atoms. The van der Waals surface area contributed by atoms with E-state index in [0.717, 1.165) is 23.2 Å². The van der Waals surface area contributed by atoms with E-state index >= 15 is 0 Å². The van der Waals surface area contributed by atoms with Crippen molar-refractivity contribution in [2.45, 2.75) is 52.0 Å². The third kappa shape index (κ3) is 1.98. The molecule has 0 aliphatic carbocycles. The molecule has 0 saturated heterocycles. The fraction of sp³-hybridized carbons (Fsp3) is 0.364. The van der Waals surface area contributed by atoms with E-state index in [9.17, 15) is 9.59 Å². The Balaban J connectivity index is 2.05. The second-order valence-electron chi connectivity index (χ2n) is 8.31. The zero-order valence-corrected chi connectivity index (χ0v) is 15.4. The van der Waals surface area contributed by atoms with E-state index in [1.807, 2.05) is 13.0 Å². The van der Waals surface area contributed by atoms with Gasteiger partial charge in [-0.1, -0.05) is 48.9 Å². The van der Waals surface area contributed by atoms with Gasteiger partial charge in [0.2, 0.25) is 0 Å². The summed E-state index contributed by atoms with van der Waals surface area (Å²) in [6, 6.07) is 12.7. The van der Waals surface area contributed by atoms with Crippen LogP contribution in [0.1, 0.15) is 59.8 Å². The van der Waals surface area contributed by atoms with Crippen molar-refractivity contribution in [3.63, 3.8) is 0 Å². The summed E-state index contributed by atoms with van der Waals surface area (Å²) < 4.78 is 0. The molecule has 25 heavy (non-hydrogen) atoms. The Morgan fingerprint density at radius 1 is 0.920 bits per heavy atom. The summed E-state index contributed by atoms with van der Waals surface area (Å²) in [5.41, 5.74) is 5.17. The largest absolute Gasteiger partial charge is 0.299 e. The van der Waals surface area contributed by atoms with E-state index in [-0.39, 0.29) is 17.1 Å². The average Bonchev–Trinajstić information content (AvgIpc) is 2.80. The summed E-state index contributed by atoms with van der Waals surface area (Å²) in [7, 11) is 0. The molecular weight excluding hydrogens is 310 g/mol. The summed E-state index contributed by atoms with van der Waals surface area (Å²) in [5.74, 6) is -0.753. The number of carbonyl (C=O) groups excluding carboxylic acids is 2. The second kappa shape index (κ2) is 4.81. The van der Waals surface area contributed by atoms with Crippen LogP contribution < -0.4 is 4.90 Å². The first-order chi connectivity index (χ1) is 11.7. The van der Waals surface area contributed by atoms with Crippen molar-refractivity contribution < 1.29 is 9.59 Å². The first kappa shape index (κ1) is 16.1. The molecular formula is C22H23NO2. The molecule has 0 radical (unpaired) electrons. The van der Waals surface area contributed by atoms with Gasteiger partial charge < -0.3 is 0 Å². The van der Waals surface area contributed by atoms with E-state index in [0.29, 0.717) is 5.56 Å². The van der Waals surface area contributed by atoms with Crippen LogP contribution in [-0.4, -0.2) is 17.2 Å². The van der Waals surface area contributed by atoms with Gasteiger partial charge in [0, 0.05) is 11.0 Å². The lowest BCUT2D eigenvalue weighted by atomic mass is 9.65. The molecule has 1 amide bonds. The minimum absolute atomic E-state index is 0.240. The molecule has 4 rings (SSSR count). The number of hydrogen-bond acceptors (Lipinski definition) is 2. The van der Waals surface area contributed by atoms with Crippen LogP contribution in [0.4, 0.5) is 5.69 Å². The van der Waals surface area contributed by atoms with Crippen LogP contribution in [-0.2, 0) is 10.2 Å². The normalized spacial score (nSPS) is 23.8. The fourth-order valence-corrected chi connectivity index (χ4v) is 4.76. The van der Waals surface area contributed by atoms with Crippen molar-refractivity contribution in [1.82, 2.24) is 0 Å². The first-order valence-corrected chi connectivity index (χ1v) is 8.77. The molecule has 2 aromatic rings. The number of amides is 1. The molecule has 2 aliphatic heterocycles. The summed E-state index contributed by atoms with van der Waals surface area (Å²) in [4.78, 5) is 27.1. The number of rotatable bonds is 1. The molecule has 2 aromatic carbocycles. The van der Waals surface area contributed by atoms with Crippen molar-refractivity contribution in [1.29, 1.82) is 0 Å². The molecule has 3 nitrogen and oxygen atoms in total. The van der Waals surface area contributed by atoms with Crippen molar-refractivity contribution in [3.05, 3.63) is 64.2 Å². The maximum Gasteiger partial charge on any atom is 0.299 e. The molecule has 0 aromatic heterocycles. The first-order valence-electron chi connectivity index (χ1n) is 8.77. The number of Topliss-reactive ketones (excluding diaryl/α,β-unsaturated/α-hetero) is 1. The van der Waals surface area contributed by atoms with Gasteiger partial charge in [-0.2, -0.15) is 0 Å². The van der Waals surface area contributed by atoms with Gasteiger partial charge in [-0.15, -0.1) is 0 Å². The maximum atomic E-state index is 12.7. The van der Waals surface area contributed by atoms with Crippen LogP contribution in [0.25, 0.3) is 0 Å². The highest BCUT2D eigenvalue weighted by Gasteiger charge is 2.54. The summed E-state index contributed by atoms with van der Waals surface area (Å²) in [6.45, 7) is 10.3. The van der Waals surface area contributed by atoms with Crippen LogP contribution in [0.3, 0.4) is 0 Å². The molecule has 0 saturated carbocycles. The van der Waals surface area contributed by atoms with Gasteiger partial charge in [-0.05, 0) is 50.8 Å². The summed E-state index contributed by atoms with van der Waals surface area (Å²) >= 11 is 0. The third-order valence-corrected chi connectivity index (χ3v) is 5.91. The lowest BCUT2D eigenvalue weighted by Crippen LogP contribution is -2.54. The van der Waals surface area contributed by atoms with E-state index < -0.39 is 5.54 Å². The third-order valence-electron chi connectivity index (χ3n) is 5.91. The van der Waals surface area contributed by atoms with Crippen LogP contribution in [0.2, 0.25) is 0 Å². The van der Waals surface area contributed by atoms with Gasteiger partial charge in [0.1, 0.15) is 0 Å². The average molecular weight is 333 g/mol. The molecule has 128 valence electrons. The molecule has 0 bridgehead atoms. The smallest absolute Gasteiger partial charge is 0.299 e. The number of hydrogen-bond donors (Lipinski definition) is 0. The Labute approximate surface area is 148 Å². The molecule has 1 unspecified atom stereocenters. The zero-order chi connectivity index (χ0) is 18.1. The minimum Gasteiger partial charge on any atom is -0.299 e. The molecule has 3 heteroatoms. The Hall–Kier alpha value is -2.42. The van der Waals surface area contributed by atoms with E-state index in [1.54, 1.807) is 4.90 Å². The fourth-order valence-electron chi connectivity index (χ4n) is 4.76. The molecule has 1 atom stereocenters. The predicted molar refractivity (Wildman–Crippen MR) is 99.3 cm³/mol. The minimum atomic E-state index is -0.418. The number of ketones is 1. The summed E-state index contributed by atoms with van der Waals surface area (Å²) in [5, 5.41) is 0. The molecule has 2 heterocycles. The van der Waals surface area contributed by atoms with E-state index in [4.69, 9.17) is 0 Å². The Kier molecular flexibility index (Phi) is 3.09. The maximum absolute atomic E-state index is 12.7. The molecule has 0 N–H and O–H groups in total. The van der Waals surface area contributed by atoms with E-state index in [2.05, 4.69) is 58.0 Å². The second-order valence-corrected chi connectivity index (χ2v) is 8.31. The topological polar surface area (TPSA) is 37.4 Å². The van der Waals surface area contributed by atoms with Gasteiger partial charge in [0.15, 0.2) is 0 Å². The number of anilines is 1. The number of nitrogens with zero attached hydrogens (tertiary/aromatic N) is 1.